The van der Waals surface area contributed by atoms with Gasteiger partial charge in [-0.05, 0) is 24.7 Å². The van der Waals surface area contributed by atoms with Crippen molar-refractivity contribution in [2.24, 2.45) is 17.1 Å². The van der Waals surface area contributed by atoms with E-state index >= 15 is 0 Å². The quantitative estimate of drug-likeness (QED) is 0.793. The van der Waals surface area contributed by atoms with Crippen LogP contribution in [0.15, 0.2) is 0 Å². The zero-order valence-corrected chi connectivity index (χ0v) is 11.6. The van der Waals surface area contributed by atoms with Gasteiger partial charge in [-0.2, -0.15) is 0 Å². The first-order chi connectivity index (χ1) is 7.92. The van der Waals surface area contributed by atoms with Crippen molar-refractivity contribution in [2.45, 2.75) is 65.3 Å². The second-order valence-corrected chi connectivity index (χ2v) is 6.54. The molecule has 0 aromatic rings. The first-order valence-corrected chi connectivity index (χ1v) is 6.93. The van der Waals surface area contributed by atoms with E-state index in [0.717, 1.165) is 19.3 Å². The molecule has 3 nitrogen and oxygen atoms in total. The van der Waals surface area contributed by atoms with Crippen molar-refractivity contribution >= 4 is 5.91 Å². The van der Waals surface area contributed by atoms with Crippen molar-refractivity contribution in [3.63, 3.8) is 0 Å². The summed E-state index contributed by atoms with van der Waals surface area (Å²) in [6, 6.07) is 0.394. The van der Waals surface area contributed by atoms with Gasteiger partial charge in [0.15, 0.2) is 0 Å². The fraction of sp³-hybridized carbons (Fsp3) is 0.929. The molecule has 1 aliphatic rings. The fourth-order valence-electron chi connectivity index (χ4n) is 2.59. The van der Waals surface area contributed by atoms with Crippen LogP contribution in [-0.2, 0) is 4.79 Å². The van der Waals surface area contributed by atoms with E-state index in [1.807, 2.05) is 0 Å². The fourth-order valence-corrected chi connectivity index (χ4v) is 2.59. The largest absolute Gasteiger partial charge is 0.353 e. The minimum Gasteiger partial charge on any atom is -0.353 e. The number of carbonyl (C=O) groups excluding carboxylic acids is 1. The maximum absolute atomic E-state index is 12.1. The van der Waals surface area contributed by atoms with Crippen LogP contribution >= 0.6 is 0 Å². The topological polar surface area (TPSA) is 55.1 Å². The van der Waals surface area contributed by atoms with Crippen LogP contribution < -0.4 is 11.1 Å². The number of nitrogens with two attached hydrogens (primary N) is 1. The standard InChI is InChI=1S/C14H28N2O/c1-14(2,3)9-11(10-15)13(17)16-12-7-5-4-6-8-12/h11-12H,4-10,15H2,1-3H3,(H,16,17). The third-order valence-electron chi connectivity index (χ3n) is 3.47. The Morgan fingerprint density at radius 1 is 1.29 bits per heavy atom. The average molecular weight is 240 g/mol. The third kappa shape index (κ3) is 5.53. The highest BCUT2D eigenvalue weighted by Crippen LogP contribution is 2.25. The summed E-state index contributed by atoms with van der Waals surface area (Å²) in [6.45, 7) is 6.92. The van der Waals surface area contributed by atoms with Crippen molar-refractivity contribution in [1.29, 1.82) is 0 Å². The molecule has 1 aliphatic carbocycles. The molecule has 100 valence electrons. The van der Waals surface area contributed by atoms with Crippen LogP contribution in [0.3, 0.4) is 0 Å². The van der Waals surface area contributed by atoms with Gasteiger partial charge in [-0.25, -0.2) is 0 Å². The Labute approximate surface area is 106 Å². The van der Waals surface area contributed by atoms with Crippen molar-refractivity contribution in [3.8, 4) is 0 Å². The summed E-state index contributed by atoms with van der Waals surface area (Å²) in [4.78, 5) is 12.1. The van der Waals surface area contributed by atoms with Crippen molar-refractivity contribution < 1.29 is 4.79 Å². The Morgan fingerprint density at radius 2 is 1.88 bits per heavy atom. The minimum atomic E-state index is -0.0306. The maximum Gasteiger partial charge on any atom is 0.224 e. The molecule has 0 spiro atoms. The molecule has 0 aromatic heterocycles. The van der Waals surface area contributed by atoms with Gasteiger partial charge >= 0.3 is 0 Å². The highest BCUT2D eigenvalue weighted by Gasteiger charge is 2.25. The molecule has 0 aromatic carbocycles. The molecule has 1 unspecified atom stereocenters. The van der Waals surface area contributed by atoms with Gasteiger partial charge in [0, 0.05) is 12.6 Å². The lowest BCUT2D eigenvalue weighted by atomic mass is 9.84. The van der Waals surface area contributed by atoms with Crippen LogP contribution in [0.1, 0.15) is 59.3 Å². The average Bonchev–Trinajstić information content (AvgIpc) is 2.26. The van der Waals surface area contributed by atoms with Gasteiger partial charge < -0.3 is 11.1 Å². The van der Waals surface area contributed by atoms with E-state index in [9.17, 15) is 4.79 Å². The number of carbonyl (C=O) groups is 1. The Bertz CT molecular complexity index is 239. The van der Waals surface area contributed by atoms with E-state index in [1.54, 1.807) is 0 Å². The van der Waals surface area contributed by atoms with Gasteiger partial charge in [-0.1, -0.05) is 40.0 Å². The summed E-state index contributed by atoms with van der Waals surface area (Å²) in [5, 5.41) is 3.17. The van der Waals surface area contributed by atoms with Crippen LogP contribution in [0.4, 0.5) is 0 Å². The van der Waals surface area contributed by atoms with Crippen LogP contribution in [0, 0.1) is 11.3 Å². The Hall–Kier alpha value is -0.570. The van der Waals surface area contributed by atoms with E-state index in [2.05, 4.69) is 26.1 Å². The molecule has 0 bridgehead atoms. The molecule has 1 amide bonds. The van der Waals surface area contributed by atoms with Crippen LogP contribution in [0.25, 0.3) is 0 Å². The zero-order chi connectivity index (χ0) is 12.9. The highest BCUT2D eigenvalue weighted by atomic mass is 16.1. The Kier molecular flexibility index (Phi) is 5.44. The predicted octanol–water partition coefficient (Wildman–Crippen LogP) is 2.45. The number of amides is 1. The summed E-state index contributed by atoms with van der Waals surface area (Å²) < 4.78 is 0. The maximum atomic E-state index is 12.1. The first-order valence-electron chi connectivity index (χ1n) is 6.93. The molecule has 1 atom stereocenters. The number of hydrogen-bond donors (Lipinski definition) is 2. The Morgan fingerprint density at radius 3 is 2.35 bits per heavy atom. The van der Waals surface area contributed by atoms with E-state index < -0.39 is 0 Å². The highest BCUT2D eigenvalue weighted by molar-refractivity contribution is 5.79. The van der Waals surface area contributed by atoms with Crippen LogP contribution in [-0.4, -0.2) is 18.5 Å². The molecule has 0 heterocycles. The third-order valence-corrected chi connectivity index (χ3v) is 3.47. The lowest BCUT2D eigenvalue weighted by molar-refractivity contribution is -0.126. The molecule has 3 N–H and O–H groups in total. The molecular weight excluding hydrogens is 212 g/mol. The van der Waals surface area contributed by atoms with Gasteiger partial charge in [0.2, 0.25) is 5.91 Å². The predicted molar refractivity (Wildman–Crippen MR) is 71.6 cm³/mol. The second kappa shape index (κ2) is 6.39. The zero-order valence-electron chi connectivity index (χ0n) is 11.6. The summed E-state index contributed by atoms with van der Waals surface area (Å²) in [6.07, 6.45) is 6.95. The van der Waals surface area contributed by atoms with Crippen molar-refractivity contribution in [2.75, 3.05) is 6.54 Å². The van der Waals surface area contributed by atoms with Crippen molar-refractivity contribution in [1.82, 2.24) is 5.32 Å². The molecule has 17 heavy (non-hydrogen) atoms. The lowest BCUT2D eigenvalue weighted by Crippen LogP contribution is -2.43. The van der Waals surface area contributed by atoms with Crippen LogP contribution in [0.2, 0.25) is 0 Å². The van der Waals surface area contributed by atoms with E-state index in [-0.39, 0.29) is 17.2 Å². The smallest absolute Gasteiger partial charge is 0.224 e. The second-order valence-electron chi connectivity index (χ2n) is 6.54. The number of hydrogen-bond acceptors (Lipinski definition) is 2. The minimum absolute atomic E-state index is 0.0306. The van der Waals surface area contributed by atoms with Gasteiger partial charge in [0.25, 0.3) is 0 Å². The lowest BCUT2D eigenvalue weighted by Gasteiger charge is -2.28. The molecule has 1 rings (SSSR count). The number of rotatable bonds is 4. The van der Waals surface area contributed by atoms with Gasteiger partial charge in [-0.15, -0.1) is 0 Å². The van der Waals surface area contributed by atoms with Gasteiger partial charge in [0.05, 0.1) is 5.92 Å². The molecule has 3 heteroatoms. The molecular formula is C14H28N2O. The van der Waals surface area contributed by atoms with E-state index in [1.165, 1.54) is 19.3 Å². The summed E-state index contributed by atoms with van der Waals surface area (Å²) >= 11 is 0. The Balaban J connectivity index is 2.42. The van der Waals surface area contributed by atoms with E-state index in [0.29, 0.717) is 12.6 Å². The molecule has 0 saturated heterocycles. The van der Waals surface area contributed by atoms with Gasteiger partial charge in [-0.3, -0.25) is 4.79 Å². The summed E-state index contributed by atoms with van der Waals surface area (Å²) in [7, 11) is 0. The number of nitrogens with one attached hydrogen (secondary N) is 1. The first kappa shape index (κ1) is 14.5. The SMILES string of the molecule is CC(C)(C)CC(CN)C(=O)NC1CCCCC1. The molecule has 0 aliphatic heterocycles. The summed E-state index contributed by atoms with van der Waals surface area (Å²) in [5.41, 5.74) is 5.89. The molecule has 1 saturated carbocycles. The van der Waals surface area contributed by atoms with Crippen molar-refractivity contribution in [3.05, 3.63) is 0 Å². The summed E-state index contributed by atoms with van der Waals surface area (Å²) in [5.74, 6) is 0.131. The van der Waals surface area contributed by atoms with Gasteiger partial charge in [0.1, 0.15) is 0 Å². The molecule has 0 radical (unpaired) electrons. The monoisotopic (exact) mass is 240 g/mol. The van der Waals surface area contributed by atoms with E-state index in [4.69, 9.17) is 5.73 Å². The van der Waals surface area contributed by atoms with Crippen LogP contribution in [0.5, 0.6) is 0 Å². The normalized spacial score (nSPS) is 20.0. The molecule has 1 fully saturated rings.